The molecular weight excluding hydrogens is 374 g/mol. The molecule has 2 aliphatic rings. The van der Waals surface area contributed by atoms with Crippen LogP contribution in [0.3, 0.4) is 0 Å². The Morgan fingerprint density at radius 1 is 1.29 bits per heavy atom. The van der Waals surface area contributed by atoms with Crippen molar-refractivity contribution in [2.24, 2.45) is 0 Å². The Balaban J connectivity index is 1.80. The fourth-order valence-corrected chi connectivity index (χ4v) is 4.97. The van der Waals surface area contributed by atoms with E-state index in [1.807, 2.05) is 37.4 Å². The average molecular weight is 397 g/mol. The van der Waals surface area contributed by atoms with Gasteiger partial charge in [0, 0.05) is 34.2 Å². The summed E-state index contributed by atoms with van der Waals surface area (Å²) in [7, 11) is 0. The van der Waals surface area contributed by atoms with E-state index in [0.717, 1.165) is 23.6 Å². The molecule has 2 aromatic rings. The predicted octanol–water partition coefficient (Wildman–Crippen LogP) is 4.57. The molecule has 2 aromatic heterocycles. The van der Waals surface area contributed by atoms with Gasteiger partial charge >= 0.3 is 5.97 Å². The third kappa shape index (κ3) is 3.22. The zero-order chi connectivity index (χ0) is 19.8. The monoisotopic (exact) mass is 397 g/mol. The van der Waals surface area contributed by atoms with Crippen LogP contribution < -0.4 is 5.32 Å². The van der Waals surface area contributed by atoms with Gasteiger partial charge in [-0.2, -0.15) is 0 Å². The first kappa shape index (κ1) is 18.7. The van der Waals surface area contributed by atoms with Crippen molar-refractivity contribution < 1.29 is 18.7 Å². The zero-order valence-electron chi connectivity index (χ0n) is 16.2. The number of esters is 1. The van der Waals surface area contributed by atoms with Gasteiger partial charge in [0.1, 0.15) is 11.5 Å². The van der Waals surface area contributed by atoms with Crippen molar-refractivity contribution in [2.45, 2.75) is 45.4 Å². The Kier molecular flexibility index (Phi) is 4.98. The van der Waals surface area contributed by atoms with Crippen LogP contribution in [0.2, 0.25) is 0 Å². The van der Waals surface area contributed by atoms with Crippen molar-refractivity contribution in [1.82, 2.24) is 5.32 Å². The summed E-state index contributed by atoms with van der Waals surface area (Å²) in [6.07, 6.45) is 1.18. The van der Waals surface area contributed by atoms with Crippen LogP contribution in [0, 0.1) is 6.92 Å². The highest BCUT2D eigenvalue weighted by atomic mass is 32.1. The molecule has 0 bridgehead atoms. The fourth-order valence-electron chi connectivity index (χ4n) is 4.14. The first-order chi connectivity index (χ1) is 13.5. The maximum absolute atomic E-state index is 13.2. The lowest BCUT2D eigenvalue weighted by Crippen LogP contribution is -2.36. The summed E-state index contributed by atoms with van der Waals surface area (Å²) in [5.41, 5.74) is 2.70. The van der Waals surface area contributed by atoms with Gasteiger partial charge < -0.3 is 14.5 Å². The summed E-state index contributed by atoms with van der Waals surface area (Å²) in [5.74, 6) is 0.635. The Morgan fingerprint density at radius 3 is 2.75 bits per heavy atom. The van der Waals surface area contributed by atoms with Crippen LogP contribution in [0.1, 0.15) is 54.9 Å². The van der Waals surface area contributed by atoms with Crippen LogP contribution in [0.15, 0.2) is 56.6 Å². The van der Waals surface area contributed by atoms with Gasteiger partial charge in [-0.1, -0.05) is 6.07 Å². The number of rotatable bonds is 4. The maximum Gasteiger partial charge on any atom is 0.336 e. The Morgan fingerprint density at radius 2 is 2.11 bits per heavy atom. The van der Waals surface area contributed by atoms with E-state index in [4.69, 9.17) is 9.15 Å². The van der Waals surface area contributed by atoms with Crippen molar-refractivity contribution in [1.29, 1.82) is 0 Å². The van der Waals surface area contributed by atoms with Crippen molar-refractivity contribution in [3.63, 3.8) is 0 Å². The van der Waals surface area contributed by atoms with Crippen LogP contribution in [0.25, 0.3) is 0 Å². The summed E-state index contributed by atoms with van der Waals surface area (Å²) < 4.78 is 11.2. The van der Waals surface area contributed by atoms with Gasteiger partial charge in [-0.15, -0.1) is 11.3 Å². The topological polar surface area (TPSA) is 68.5 Å². The number of nitrogens with one attached hydrogen (secondary N) is 1. The molecule has 0 unspecified atom stereocenters. The quantitative estimate of drug-likeness (QED) is 0.765. The molecule has 5 nitrogen and oxygen atoms in total. The number of dihydropyridines is 1. The number of allylic oxidation sites excluding steroid dienone is 3. The highest BCUT2D eigenvalue weighted by Crippen LogP contribution is 2.46. The number of carbonyl (C=O) groups is 2. The predicted molar refractivity (Wildman–Crippen MR) is 107 cm³/mol. The molecule has 0 radical (unpaired) electrons. The average Bonchev–Trinajstić information content (AvgIpc) is 3.32. The van der Waals surface area contributed by atoms with E-state index in [0.29, 0.717) is 23.3 Å². The van der Waals surface area contributed by atoms with E-state index in [1.165, 1.54) is 4.88 Å². The van der Waals surface area contributed by atoms with E-state index >= 15 is 0 Å². The lowest BCUT2D eigenvalue weighted by Gasteiger charge is -2.35. The molecule has 1 aliphatic carbocycles. The molecule has 0 saturated heterocycles. The molecule has 1 N–H and O–H groups in total. The molecule has 28 heavy (non-hydrogen) atoms. The van der Waals surface area contributed by atoms with Crippen molar-refractivity contribution in [3.05, 3.63) is 68.6 Å². The second kappa shape index (κ2) is 7.43. The van der Waals surface area contributed by atoms with E-state index in [-0.39, 0.29) is 18.3 Å². The lowest BCUT2D eigenvalue weighted by atomic mass is 9.74. The number of ether oxygens (including phenoxy) is 1. The van der Waals surface area contributed by atoms with Crippen LogP contribution in [-0.2, 0) is 14.3 Å². The number of ketones is 1. The Labute approximate surface area is 168 Å². The van der Waals surface area contributed by atoms with E-state index in [2.05, 4.69) is 11.4 Å². The normalized spacial score (nSPS) is 22.2. The number of Topliss-reactive ketones (excluding diaryl/α,β-unsaturated/α-hetero) is 1. The fraction of sp³-hybridized carbons (Fsp3) is 0.364. The zero-order valence-corrected chi connectivity index (χ0v) is 17.0. The molecule has 0 amide bonds. The SMILES string of the molecule is CCOC(=O)C1=C(C)NC2=C(C(=O)C[C@@H](c3cccs3)C2)[C@H]1c1ccc(C)o1. The van der Waals surface area contributed by atoms with Gasteiger partial charge in [-0.05, 0) is 50.8 Å². The number of furan rings is 1. The summed E-state index contributed by atoms with van der Waals surface area (Å²) >= 11 is 1.68. The highest BCUT2D eigenvalue weighted by Gasteiger charge is 2.42. The van der Waals surface area contributed by atoms with Crippen molar-refractivity contribution in [2.75, 3.05) is 6.61 Å². The molecule has 0 aromatic carbocycles. The standard InChI is InChI=1S/C22H23NO4S/c1-4-26-22(25)19-13(3)23-15-10-14(18-6-5-9-28-18)11-16(24)20(15)21(19)17-8-7-12(2)27-17/h5-9,14,21,23H,4,10-11H2,1-3H3/t14-,21-/m0/s1. The van der Waals surface area contributed by atoms with Gasteiger partial charge in [0.05, 0.1) is 18.1 Å². The molecule has 1 aliphatic heterocycles. The van der Waals surface area contributed by atoms with Crippen molar-refractivity contribution >= 4 is 23.1 Å². The molecule has 6 heteroatoms. The molecule has 3 heterocycles. The van der Waals surface area contributed by atoms with Crippen molar-refractivity contribution in [3.8, 4) is 0 Å². The maximum atomic E-state index is 13.2. The van der Waals surface area contributed by atoms with Crippen LogP contribution >= 0.6 is 11.3 Å². The summed E-state index contributed by atoms with van der Waals surface area (Å²) in [6.45, 7) is 5.77. The van der Waals surface area contributed by atoms with E-state index in [1.54, 1.807) is 18.3 Å². The van der Waals surface area contributed by atoms with E-state index in [9.17, 15) is 9.59 Å². The van der Waals surface area contributed by atoms with Crippen LogP contribution in [0.4, 0.5) is 0 Å². The summed E-state index contributed by atoms with van der Waals surface area (Å²) in [4.78, 5) is 27.2. The summed E-state index contributed by atoms with van der Waals surface area (Å²) in [6, 6.07) is 7.80. The lowest BCUT2D eigenvalue weighted by molar-refractivity contribution is -0.138. The first-order valence-corrected chi connectivity index (χ1v) is 10.4. The molecule has 2 atom stereocenters. The van der Waals surface area contributed by atoms with Gasteiger partial charge in [-0.3, -0.25) is 4.79 Å². The van der Waals surface area contributed by atoms with Crippen LogP contribution in [0.5, 0.6) is 0 Å². The Hall–Kier alpha value is -2.60. The van der Waals surface area contributed by atoms with Gasteiger partial charge in [-0.25, -0.2) is 4.79 Å². The molecule has 146 valence electrons. The van der Waals surface area contributed by atoms with Crippen LogP contribution in [-0.4, -0.2) is 18.4 Å². The Bertz CT molecular complexity index is 980. The second-order valence-corrected chi connectivity index (χ2v) is 8.18. The molecular formula is C22H23NO4S. The first-order valence-electron chi connectivity index (χ1n) is 9.50. The minimum Gasteiger partial charge on any atom is -0.465 e. The number of thiophene rings is 1. The smallest absolute Gasteiger partial charge is 0.336 e. The number of hydrogen-bond acceptors (Lipinski definition) is 6. The third-order valence-electron chi connectivity index (χ3n) is 5.31. The number of hydrogen-bond donors (Lipinski definition) is 1. The van der Waals surface area contributed by atoms with Gasteiger partial charge in [0.25, 0.3) is 0 Å². The van der Waals surface area contributed by atoms with Gasteiger partial charge in [0.15, 0.2) is 5.78 Å². The molecule has 0 spiro atoms. The number of aryl methyl sites for hydroxylation is 1. The van der Waals surface area contributed by atoms with E-state index < -0.39 is 11.9 Å². The molecule has 0 fully saturated rings. The second-order valence-electron chi connectivity index (χ2n) is 7.20. The third-order valence-corrected chi connectivity index (χ3v) is 6.35. The highest BCUT2D eigenvalue weighted by molar-refractivity contribution is 7.10. The molecule has 0 saturated carbocycles. The largest absolute Gasteiger partial charge is 0.465 e. The molecule has 4 rings (SSSR count). The minimum absolute atomic E-state index is 0.0560. The number of carbonyl (C=O) groups excluding carboxylic acids is 2. The van der Waals surface area contributed by atoms with Gasteiger partial charge in [0.2, 0.25) is 0 Å². The summed E-state index contributed by atoms with van der Waals surface area (Å²) in [5, 5.41) is 5.38. The minimum atomic E-state index is -0.527.